The lowest BCUT2D eigenvalue weighted by Gasteiger charge is -2.23. The van der Waals surface area contributed by atoms with Crippen molar-refractivity contribution in [1.29, 1.82) is 0 Å². The highest BCUT2D eigenvalue weighted by molar-refractivity contribution is 6.86. The van der Waals surface area contributed by atoms with Crippen LogP contribution in [0, 0.1) is 0 Å². The zero-order valence-electron chi connectivity index (χ0n) is 9.41. The third kappa shape index (κ3) is 2.80. The zero-order chi connectivity index (χ0) is 11.5. The van der Waals surface area contributed by atoms with Crippen molar-refractivity contribution < 1.29 is 9.22 Å². The molecule has 0 aliphatic heterocycles. The monoisotopic (exact) mass is 220 g/mol. The second-order valence-corrected chi connectivity index (χ2v) is 7.66. The maximum Gasteiger partial charge on any atom is 0.289 e. The summed E-state index contributed by atoms with van der Waals surface area (Å²) in [7, 11) is -2.13. The minimum Gasteiger partial charge on any atom is -0.515 e. The Balaban J connectivity index is 3.13. The molecule has 0 saturated carbocycles. The van der Waals surface area contributed by atoms with E-state index in [0.29, 0.717) is 0 Å². The van der Waals surface area contributed by atoms with Gasteiger partial charge in [-0.25, -0.2) is 0 Å². The summed E-state index contributed by atoms with van der Waals surface area (Å²) in [4.78, 5) is 11.0. The molecule has 0 atom stereocenters. The van der Waals surface area contributed by atoms with Gasteiger partial charge in [-0.05, 0) is 23.8 Å². The van der Waals surface area contributed by atoms with E-state index in [0.717, 1.165) is 10.8 Å². The van der Waals surface area contributed by atoms with Gasteiger partial charge in [-0.15, -0.1) is 0 Å². The first kappa shape index (κ1) is 11.7. The van der Waals surface area contributed by atoms with E-state index in [1.165, 1.54) is 6.92 Å². The molecule has 0 spiro atoms. The molecule has 0 radical (unpaired) electrons. The summed E-state index contributed by atoms with van der Waals surface area (Å²) in [5.74, 6) is -0.217. The molecule has 0 heterocycles. The third-order valence-electron chi connectivity index (χ3n) is 2.23. The molecule has 15 heavy (non-hydrogen) atoms. The highest BCUT2D eigenvalue weighted by atomic mass is 28.4. The Hall–Kier alpha value is -1.35. The van der Waals surface area contributed by atoms with Gasteiger partial charge in [-0.1, -0.05) is 36.9 Å². The standard InChI is InChI=1S/C12H16O2Si/c1-5-11-8-6-7-9-12(11)15(3,4)14-10(2)13/h5-9H,1H2,2-4H3. The van der Waals surface area contributed by atoms with Crippen LogP contribution < -0.4 is 5.19 Å². The van der Waals surface area contributed by atoms with Crippen LogP contribution >= 0.6 is 0 Å². The Labute approximate surface area is 91.7 Å². The first-order chi connectivity index (χ1) is 6.97. The number of hydrogen-bond acceptors (Lipinski definition) is 2. The van der Waals surface area contributed by atoms with E-state index in [9.17, 15) is 4.79 Å². The van der Waals surface area contributed by atoms with Crippen LogP contribution in [0.4, 0.5) is 0 Å². The molecule has 80 valence electrons. The van der Waals surface area contributed by atoms with Crippen molar-refractivity contribution in [3.8, 4) is 0 Å². The quantitative estimate of drug-likeness (QED) is 0.731. The fourth-order valence-electron chi connectivity index (χ4n) is 1.64. The Morgan fingerprint density at radius 3 is 2.53 bits per heavy atom. The molecule has 2 nitrogen and oxygen atoms in total. The lowest BCUT2D eigenvalue weighted by Crippen LogP contribution is -2.47. The molecule has 0 saturated heterocycles. The SMILES string of the molecule is C=Cc1ccccc1[Si](C)(C)OC(C)=O. The van der Waals surface area contributed by atoms with E-state index in [1.54, 1.807) is 6.08 Å². The molecule has 0 bridgehead atoms. The molecule has 0 amide bonds. The number of carbonyl (C=O) groups is 1. The summed E-state index contributed by atoms with van der Waals surface area (Å²) < 4.78 is 5.42. The van der Waals surface area contributed by atoms with Gasteiger partial charge >= 0.3 is 0 Å². The molecule has 0 aliphatic carbocycles. The normalized spacial score (nSPS) is 10.9. The fraction of sp³-hybridized carbons (Fsp3) is 0.250. The van der Waals surface area contributed by atoms with E-state index >= 15 is 0 Å². The first-order valence-corrected chi connectivity index (χ1v) is 7.79. The minimum atomic E-state index is -2.13. The average molecular weight is 220 g/mol. The molecule has 0 fully saturated rings. The van der Waals surface area contributed by atoms with Crippen molar-refractivity contribution in [3.63, 3.8) is 0 Å². The van der Waals surface area contributed by atoms with Crippen LogP contribution in [0.2, 0.25) is 13.1 Å². The number of carbonyl (C=O) groups excluding carboxylic acids is 1. The summed E-state index contributed by atoms with van der Waals surface area (Å²) in [5.41, 5.74) is 1.05. The van der Waals surface area contributed by atoms with Gasteiger partial charge in [0.1, 0.15) is 0 Å². The molecule has 1 aromatic carbocycles. The average Bonchev–Trinajstić information content (AvgIpc) is 2.16. The second kappa shape index (κ2) is 4.44. The highest BCUT2D eigenvalue weighted by Crippen LogP contribution is 2.10. The smallest absolute Gasteiger partial charge is 0.289 e. The van der Waals surface area contributed by atoms with Crippen molar-refractivity contribution in [2.45, 2.75) is 20.0 Å². The Morgan fingerprint density at radius 2 is 2.00 bits per heavy atom. The third-order valence-corrected chi connectivity index (χ3v) is 4.78. The molecule has 0 N–H and O–H groups in total. The summed E-state index contributed by atoms with van der Waals surface area (Å²) >= 11 is 0. The Morgan fingerprint density at radius 1 is 1.40 bits per heavy atom. The molecule has 0 aliphatic rings. The number of hydrogen-bond donors (Lipinski definition) is 0. The first-order valence-electron chi connectivity index (χ1n) is 4.89. The summed E-state index contributed by atoms with van der Waals surface area (Å²) in [5, 5.41) is 1.11. The topological polar surface area (TPSA) is 26.3 Å². The maximum atomic E-state index is 11.0. The summed E-state index contributed by atoms with van der Waals surface area (Å²) in [6.07, 6.45) is 1.80. The van der Waals surface area contributed by atoms with Gasteiger partial charge in [-0.2, -0.15) is 0 Å². The van der Waals surface area contributed by atoms with Crippen molar-refractivity contribution in [2.24, 2.45) is 0 Å². The fourth-order valence-corrected chi connectivity index (χ4v) is 3.84. The van der Waals surface area contributed by atoms with Crippen molar-refractivity contribution in [3.05, 3.63) is 36.4 Å². The predicted octanol–water partition coefficient (Wildman–Crippen LogP) is 2.30. The lowest BCUT2D eigenvalue weighted by atomic mass is 10.2. The van der Waals surface area contributed by atoms with Gasteiger partial charge in [0.25, 0.3) is 14.3 Å². The van der Waals surface area contributed by atoms with Gasteiger partial charge in [0.2, 0.25) is 0 Å². The van der Waals surface area contributed by atoms with Gasteiger partial charge in [-0.3, -0.25) is 4.79 Å². The molecule has 0 unspecified atom stereocenters. The van der Waals surface area contributed by atoms with E-state index in [1.807, 2.05) is 37.4 Å². The van der Waals surface area contributed by atoms with Gasteiger partial charge < -0.3 is 4.43 Å². The molecule has 1 rings (SSSR count). The summed E-state index contributed by atoms with van der Waals surface area (Å²) in [6, 6.07) is 7.91. The lowest BCUT2D eigenvalue weighted by molar-refractivity contribution is -0.132. The van der Waals surface area contributed by atoms with Gasteiger partial charge in [0.05, 0.1) is 0 Å². The Bertz CT molecular complexity index is 383. The summed E-state index contributed by atoms with van der Waals surface area (Å²) in [6.45, 7) is 9.24. The van der Waals surface area contributed by atoms with Crippen LogP contribution in [0.25, 0.3) is 6.08 Å². The molecular weight excluding hydrogens is 204 g/mol. The van der Waals surface area contributed by atoms with E-state index < -0.39 is 8.32 Å². The van der Waals surface area contributed by atoms with Gasteiger partial charge in [0.15, 0.2) is 0 Å². The van der Waals surface area contributed by atoms with E-state index in [4.69, 9.17) is 4.43 Å². The van der Waals surface area contributed by atoms with Crippen LogP contribution in [0.1, 0.15) is 12.5 Å². The second-order valence-electron chi connectivity index (χ2n) is 3.90. The number of benzene rings is 1. The van der Waals surface area contributed by atoms with Crippen LogP contribution in [0.15, 0.2) is 30.8 Å². The van der Waals surface area contributed by atoms with Crippen LogP contribution in [0.5, 0.6) is 0 Å². The molecular formula is C12H16O2Si. The van der Waals surface area contributed by atoms with Crippen LogP contribution in [-0.2, 0) is 9.22 Å². The van der Waals surface area contributed by atoms with Crippen LogP contribution in [-0.4, -0.2) is 14.3 Å². The van der Waals surface area contributed by atoms with Crippen LogP contribution in [0.3, 0.4) is 0 Å². The van der Waals surface area contributed by atoms with Gasteiger partial charge in [0, 0.05) is 6.92 Å². The molecule has 0 aromatic heterocycles. The van der Waals surface area contributed by atoms with E-state index in [2.05, 4.69) is 6.58 Å². The molecule has 1 aromatic rings. The largest absolute Gasteiger partial charge is 0.515 e. The minimum absolute atomic E-state index is 0.217. The maximum absolute atomic E-state index is 11.0. The molecule has 3 heteroatoms. The van der Waals surface area contributed by atoms with E-state index in [-0.39, 0.29) is 5.97 Å². The van der Waals surface area contributed by atoms with Crippen molar-refractivity contribution in [2.75, 3.05) is 0 Å². The highest BCUT2D eigenvalue weighted by Gasteiger charge is 2.29. The van der Waals surface area contributed by atoms with Crippen molar-refractivity contribution >= 4 is 25.5 Å². The zero-order valence-corrected chi connectivity index (χ0v) is 10.4. The predicted molar refractivity (Wildman–Crippen MR) is 65.4 cm³/mol. The number of rotatable bonds is 3. The van der Waals surface area contributed by atoms with Crippen molar-refractivity contribution in [1.82, 2.24) is 0 Å². The Kier molecular flexibility index (Phi) is 3.47.